The zero-order chi connectivity index (χ0) is 17.6. The summed E-state index contributed by atoms with van der Waals surface area (Å²) in [6, 6.07) is 0. The van der Waals surface area contributed by atoms with Gasteiger partial charge in [0.05, 0.1) is 0 Å². The van der Waals surface area contributed by atoms with Crippen molar-refractivity contribution in [1.82, 2.24) is 0 Å². The Labute approximate surface area is 154 Å². The van der Waals surface area contributed by atoms with E-state index in [4.69, 9.17) is 0 Å². The van der Waals surface area contributed by atoms with E-state index in [1.54, 1.807) is 0 Å². The maximum Gasteiger partial charge on any atom is -0.0351 e. The van der Waals surface area contributed by atoms with Gasteiger partial charge in [0.2, 0.25) is 0 Å². The smallest absolute Gasteiger partial charge is 0.0351 e. The van der Waals surface area contributed by atoms with E-state index in [1.807, 2.05) is 0 Å². The molecular formula is C24H48. The van der Waals surface area contributed by atoms with Crippen molar-refractivity contribution in [1.29, 1.82) is 0 Å². The Hall–Kier alpha value is -0.260. The van der Waals surface area contributed by atoms with Crippen molar-refractivity contribution in [2.45, 2.75) is 142 Å². The summed E-state index contributed by atoms with van der Waals surface area (Å²) < 4.78 is 0. The lowest BCUT2D eigenvalue weighted by molar-refractivity contribution is 0.536. The van der Waals surface area contributed by atoms with Crippen molar-refractivity contribution in [2.24, 2.45) is 0 Å². The molecule has 0 nitrogen and oxygen atoms in total. The normalized spacial score (nSPS) is 11.6. The van der Waals surface area contributed by atoms with Crippen LogP contribution in [0.15, 0.2) is 12.2 Å². The molecule has 24 heavy (non-hydrogen) atoms. The van der Waals surface area contributed by atoms with Crippen LogP contribution in [0.4, 0.5) is 0 Å². The van der Waals surface area contributed by atoms with Crippen LogP contribution in [-0.2, 0) is 0 Å². The van der Waals surface area contributed by atoms with Gasteiger partial charge in [0.25, 0.3) is 0 Å². The first-order valence-electron chi connectivity index (χ1n) is 11.6. The number of hydrogen-bond acceptors (Lipinski definition) is 0. The quantitative estimate of drug-likeness (QED) is 0.153. The molecule has 0 amide bonds. The predicted molar refractivity (Wildman–Crippen MR) is 113 cm³/mol. The standard InChI is InChI=1S/C24H48/c1-3-5-7-9-11-13-15-17-19-21-23-24-22-20-18-16-14-12-10-8-6-4-2/h13,15H,3-12,14,16-24H2,1-2H3. The van der Waals surface area contributed by atoms with Crippen molar-refractivity contribution in [3.8, 4) is 0 Å². The van der Waals surface area contributed by atoms with Gasteiger partial charge in [-0.1, -0.05) is 129 Å². The molecule has 0 aliphatic carbocycles. The Bertz CT molecular complexity index is 228. The third-order valence-corrected chi connectivity index (χ3v) is 5.12. The molecule has 0 saturated carbocycles. The van der Waals surface area contributed by atoms with Crippen molar-refractivity contribution in [2.75, 3.05) is 0 Å². The fourth-order valence-electron chi connectivity index (χ4n) is 3.38. The van der Waals surface area contributed by atoms with Crippen LogP contribution in [0.1, 0.15) is 142 Å². The first-order chi connectivity index (χ1) is 11.9. The second-order valence-corrected chi connectivity index (χ2v) is 7.71. The molecule has 0 spiro atoms. The molecule has 0 bridgehead atoms. The number of allylic oxidation sites excluding steroid dienone is 2. The Kier molecular flexibility index (Phi) is 22.5. The van der Waals surface area contributed by atoms with Crippen LogP contribution in [-0.4, -0.2) is 0 Å². The summed E-state index contributed by atoms with van der Waals surface area (Å²) in [7, 11) is 0. The number of hydrogen-bond donors (Lipinski definition) is 0. The monoisotopic (exact) mass is 336 g/mol. The molecule has 0 N–H and O–H groups in total. The van der Waals surface area contributed by atoms with Gasteiger partial charge in [-0.25, -0.2) is 0 Å². The molecule has 0 unspecified atom stereocenters. The fraction of sp³-hybridized carbons (Fsp3) is 0.917. The molecule has 0 rings (SSSR count). The molecule has 0 saturated heterocycles. The van der Waals surface area contributed by atoms with Crippen molar-refractivity contribution >= 4 is 0 Å². The van der Waals surface area contributed by atoms with Gasteiger partial charge in [-0.3, -0.25) is 0 Å². The molecule has 0 radical (unpaired) electrons. The minimum absolute atomic E-state index is 1.30. The van der Waals surface area contributed by atoms with E-state index in [0.29, 0.717) is 0 Å². The Balaban J connectivity index is 3.01. The minimum Gasteiger partial charge on any atom is -0.0885 e. The first kappa shape index (κ1) is 23.7. The highest BCUT2D eigenvalue weighted by molar-refractivity contribution is 4.81. The molecule has 0 fully saturated rings. The largest absolute Gasteiger partial charge is 0.0885 e. The maximum absolute atomic E-state index is 2.42. The minimum atomic E-state index is 1.30. The Morgan fingerprint density at radius 3 is 0.917 bits per heavy atom. The second-order valence-electron chi connectivity index (χ2n) is 7.71. The number of rotatable bonds is 20. The van der Waals surface area contributed by atoms with Crippen LogP contribution in [0.2, 0.25) is 0 Å². The highest BCUT2D eigenvalue weighted by atomic mass is 14.0. The van der Waals surface area contributed by atoms with Gasteiger partial charge < -0.3 is 0 Å². The molecule has 0 heterocycles. The van der Waals surface area contributed by atoms with E-state index < -0.39 is 0 Å². The number of unbranched alkanes of at least 4 members (excludes halogenated alkanes) is 18. The summed E-state index contributed by atoms with van der Waals surface area (Å²) in [5, 5.41) is 0. The molecule has 0 aliphatic heterocycles. The van der Waals surface area contributed by atoms with E-state index in [1.165, 1.54) is 128 Å². The molecule has 0 heteroatoms. The van der Waals surface area contributed by atoms with E-state index in [2.05, 4.69) is 26.0 Å². The van der Waals surface area contributed by atoms with Crippen LogP contribution < -0.4 is 0 Å². The zero-order valence-electron chi connectivity index (χ0n) is 17.3. The van der Waals surface area contributed by atoms with Crippen LogP contribution in [0.25, 0.3) is 0 Å². The molecule has 0 atom stereocenters. The third kappa shape index (κ3) is 21.7. The molecule has 0 aromatic carbocycles. The van der Waals surface area contributed by atoms with Gasteiger partial charge in [0, 0.05) is 0 Å². The lowest BCUT2D eigenvalue weighted by atomic mass is 10.0. The first-order valence-corrected chi connectivity index (χ1v) is 11.6. The van der Waals surface area contributed by atoms with Crippen LogP contribution >= 0.6 is 0 Å². The van der Waals surface area contributed by atoms with Gasteiger partial charge >= 0.3 is 0 Å². The SMILES string of the molecule is CCCCCCC=CCCCCCCCCCCCCCCCC. The molecule has 0 aromatic heterocycles. The van der Waals surface area contributed by atoms with Crippen molar-refractivity contribution in [3.63, 3.8) is 0 Å². The topological polar surface area (TPSA) is 0 Å². The summed E-state index contributed by atoms with van der Waals surface area (Å²) >= 11 is 0. The zero-order valence-corrected chi connectivity index (χ0v) is 17.3. The second kappa shape index (κ2) is 22.7. The molecular weight excluding hydrogens is 288 g/mol. The highest BCUT2D eigenvalue weighted by Crippen LogP contribution is 2.13. The van der Waals surface area contributed by atoms with Crippen LogP contribution in [0, 0.1) is 0 Å². The maximum atomic E-state index is 2.42. The molecule has 0 aromatic rings. The summed E-state index contributed by atoms with van der Waals surface area (Å²) in [5.41, 5.74) is 0. The van der Waals surface area contributed by atoms with Gasteiger partial charge in [-0.05, 0) is 25.7 Å². The average molecular weight is 337 g/mol. The fourth-order valence-corrected chi connectivity index (χ4v) is 3.38. The van der Waals surface area contributed by atoms with E-state index in [9.17, 15) is 0 Å². The average Bonchev–Trinajstić information content (AvgIpc) is 2.60. The van der Waals surface area contributed by atoms with E-state index in [-0.39, 0.29) is 0 Å². The summed E-state index contributed by atoms with van der Waals surface area (Å²) in [5.74, 6) is 0. The van der Waals surface area contributed by atoms with Gasteiger partial charge in [0.1, 0.15) is 0 Å². The van der Waals surface area contributed by atoms with Crippen molar-refractivity contribution in [3.05, 3.63) is 12.2 Å². The summed E-state index contributed by atoms with van der Waals surface area (Å²) in [6.45, 7) is 4.58. The lowest BCUT2D eigenvalue weighted by Gasteiger charge is -2.02. The van der Waals surface area contributed by atoms with Crippen LogP contribution in [0.3, 0.4) is 0 Å². The molecule has 0 aliphatic rings. The Morgan fingerprint density at radius 2 is 0.583 bits per heavy atom. The predicted octanol–water partition coefficient (Wildman–Crippen LogP) is 9.38. The van der Waals surface area contributed by atoms with Gasteiger partial charge in [-0.15, -0.1) is 0 Å². The summed E-state index contributed by atoms with van der Waals surface area (Å²) in [6.07, 6.45) is 33.4. The Morgan fingerprint density at radius 1 is 0.333 bits per heavy atom. The van der Waals surface area contributed by atoms with Gasteiger partial charge in [0.15, 0.2) is 0 Å². The van der Waals surface area contributed by atoms with Gasteiger partial charge in [-0.2, -0.15) is 0 Å². The van der Waals surface area contributed by atoms with Crippen LogP contribution in [0.5, 0.6) is 0 Å². The van der Waals surface area contributed by atoms with E-state index >= 15 is 0 Å². The molecule has 144 valence electrons. The lowest BCUT2D eigenvalue weighted by Crippen LogP contribution is -1.83. The summed E-state index contributed by atoms with van der Waals surface area (Å²) in [4.78, 5) is 0. The van der Waals surface area contributed by atoms with E-state index in [0.717, 1.165) is 0 Å². The highest BCUT2D eigenvalue weighted by Gasteiger charge is 1.93. The third-order valence-electron chi connectivity index (χ3n) is 5.12. The van der Waals surface area contributed by atoms with Crippen molar-refractivity contribution < 1.29 is 0 Å².